The highest BCUT2D eigenvalue weighted by Crippen LogP contribution is 2.21. The zero-order valence-corrected chi connectivity index (χ0v) is 17.5. The monoisotopic (exact) mass is 433 g/mol. The Morgan fingerprint density at radius 1 is 1.21 bits per heavy atom. The molecule has 2 heterocycles. The van der Waals surface area contributed by atoms with Gasteiger partial charge in [-0.15, -0.1) is 11.3 Å². The van der Waals surface area contributed by atoms with Crippen molar-refractivity contribution < 1.29 is 19.1 Å². The summed E-state index contributed by atoms with van der Waals surface area (Å²) in [4.78, 5) is 41.0. The van der Waals surface area contributed by atoms with Crippen LogP contribution in [0.2, 0.25) is 0 Å². The van der Waals surface area contributed by atoms with Gasteiger partial charge in [-0.2, -0.15) is 0 Å². The molecule has 0 spiro atoms. The molecule has 8 nitrogen and oxygen atoms in total. The number of methoxy groups -OCH3 is 2. The van der Waals surface area contributed by atoms with Gasteiger partial charge in [-0.1, -0.05) is 11.8 Å². The topological polar surface area (TPSA) is 99.5 Å². The molecule has 0 bridgehead atoms. The van der Waals surface area contributed by atoms with Gasteiger partial charge in [-0.3, -0.25) is 14.2 Å². The zero-order chi connectivity index (χ0) is 20.8. The smallest absolute Gasteiger partial charge is 0.337 e. The first kappa shape index (κ1) is 21.0. The molecule has 3 rings (SSSR count). The molecule has 0 aliphatic rings. The van der Waals surface area contributed by atoms with Gasteiger partial charge in [-0.05, 0) is 35.7 Å². The first-order valence-electron chi connectivity index (χ1n) is 8.61. The highest BCUT2D eigenvalue weighted by atomic mass is 32.2. The molecule has 29 heavy (non-hydrogen) atoms. The van der Waals surface area contributed by atoms with Crippen molar-refractivity contribution >= 4 is 50.9 Å². The number of carbonyl (C=O) groups is 2. The molecule has 0 saturated carbocycles. The minimum atomic E-state index is -0.442. The van der Waals surface area contributed by atoms with E-state index in [1.807, 2.05) is 5.38 Å². The maximum absolute atomic E-state index is 12.7. The van der Waals surface area contributed by atoms with Crippen LogP contribution >= 0.6 is 23.1 Å². The summed E-state index contributed by atoms with van der Waals surface area (Å²) in [5.41, 5.74) is 1.44. The normalized spacial score (nSPS) is 10.8. The second-order valence-electron chi connectivity index (χ2n) is 5.88. The number of fused-ring (bicyclic) bond motifs is 1. The quantitative estimate of drug-likeness (QED) is 0.331. The van der Waals surface area contributed by atoms with Crippen LogP contribution in [0.3, 0.4) is 0 Å². The van der Waals surface area contributed by atoms with Crippen LogP contribution in [0.25, 0.3) is 10.2 Å². The number of ether oxygens (including phenoxy) is 2. The Hall–Kier alpha value is -2.69. The Balaban J connectivity index is 1.70. The van der Waals surface area contributed by atoms with Gasteiger partial charge in [0.15, 0.2) is 5.16 Å². The molecule has 0 saturated heterocycles. The maximum atomic E-state index is 12.7. The Morgan fingerprint density at radius 3 is 2.66 bits per heavy atom. The van der Waals surface area contributed by atoms with Gasteiger partial charge in [0, 0.05) is 12.8 Å². The number of rotatable bonds is 8. The van der Waals surface area contributed by atoms with Crippen LogP contribution < -0.4 is 10.9 Å². The lowest BCUT2D eigenvalue weighted by Gasteiger charge is -2.11. The summed E-state index contributed by atoms with van der Waals surface area (Å²) in [6, 6.07) is 8.18. The second-order valence-corrected chi connectivity index (χ2v) is 7.74. The highest BCUT2D eigenvalue weighted by molar-refractivity contribution is 7.99. The first-order chi connectivity index (χ1) is 14.0. The number of benzene rings is 1. The van der Waals surface area contributed by atoms with Crippen LogP contribution in [-0.4, -0.2) is 48.0 Å². The van der Waals surface area contributed by atoms with Crippen molar-refractivity contribution in [1.82, 2.24) is 9.55 Å². The molecular weight excluding hydrogens is 414 g/mol. The van der Waals surface area contributed by atoms with E-state index < -0.39 is 5.97 Å². The molecule has 0 aliphatic heterocycles. The Bertz CT molecular complexity index is 1080. The number of amides is 1. The van der Waals surface area contributed by atoms with Crippen molar-refractivity contribution in [3.05, 3.63) is 51.6 Å². The van der Waals surface area contributed by atoms with E-state index in [9.17, 15) is 14.4 Å². The van der Waals surface area contributed by atoms with Crippen LogP contribution in [-0.2, 0) is 20.8 Å². The lowest BCUT2D eigenvalue weighted by atomic mass is 10.2. The van der Waals surface area contributed by atoms with Gasteiger partial charge >= 0.3 is 5.97 Å². The standard InChI is InChI=1S/C19H19N3O5S2/c1-26-9-8-22-17(24)16-14(7-10-28-16)21-19(22)29-11-15(23)20-13-5-3-12(4-6-13)18(25)27-2/h3-7,10H,8-9,11H2,1-2H3,(H,20,23). The van der Waals surface area contributed by atoms with Gasteiger partial charge in [0.1, 0.15) is 4.70 Å². The SMILES string of the molecule is COCCn1c(SCC(=O)Nc2ccc(C(=O)OC)cc2)nc2ccsc2c1=O. The fourth-order valence-electron chi connectivity index (χ4n) is 2.55. The van der Waals surface area contributed by atoms with E-state index in [0.29, 0.717) is 39.8 Å². The van der Waals surface area contributed by atoms with E-state index in [2.05, 4.69) is 15.0 Å². The zero-order valence-electron chi connectivity index (χ0n) is 15.8. The molecular formula is C19H19N3O5S2. The molecule has 0 unspecified atom stereocenters. The molecule has 10 heteroatoms. The summed E-state index contributed by atoms with van der Waals surface area (Å²) in [5, 5.41) is 5.04. The number of hydrogen-bond acceptors (Lipinski definition) is 8. The van der Waals surface area contributed by atoms with Gasteiger partial charge < -0.3 is 14.8 Å². The molecule has 3 aromatic rings. The second kappa shape index (κ2) is 9.68. The fourth-order valence-corrected chi connectivity index (χ4v) is 4.15. The predicted octanol–water partition coefficient (Wildman–Crippen LogP) is 2.62. The molecule has 0 atom stereocenters. The largest absolute Gasteiger partial charge is 0.465 e. The summed E-state index contributed by atoms with van der Waals surface area (Å²) in [5.74, 6) is -0.616. The van der Waals surface area contributed by atoms with Crippen molar-refractivity contribution in [3.63, 3.8) is 0 Å². The number of esters is 1. The third-order valence-electron chi connectivity index (χ3n) is 3.97. The van der Waals surface area contributed by atoms with E-state index in [4.69, 9.17) is 4.74 Å². The van der Waals surface area contributed by atoms with Crippen LogP contribution in [0.5, 0.6) is 0 Å². The molecule has 0 aliphatic carbocycles. The maximum Gasteiger partial charge on any atom is 0.337 e. The Kier molecular flexibility index (Phi) is 7.02. The highest BCUT2D eigenvalue weighted by Gasteiger charge is 2.14. The van der Waals surface area contributed by atoms with Crippen molar-refractivity contribution in [2.24, 2.45) is 0 Å². The van der Waals surface area contributed by atoms with Crippen LogP contribution in [0.15, 0.2) is 45.7 Å². The van der Waals surface area contributed by atoms with Crippen LogP contribution in [0, 0.1) is 0 Å². The molecule has 0 fully saturated rings. The van der Waals surface area contributed by atoms with E-state index >= 15 is 0 Å². The minimum absolute atomic E-state index is 0.0772. The fraction of sp³-hybridized carbons (Fsp3) is 0.263. The lowest BCUT2D eigenvalue weighted by Crippen LogP contribution is -2.25. The molecule has 1 N–H and O–H groups in total. The van der Waals surface area contributed by atoms with E-state index in [0.717, 1.165) is 0 Å². The number of aromatic nitrogens is 2. The summed E-state index contributed by atoms with van der Waals surface area (Å²) in [6.45, 7) is 0.722. The van der Waals surface area contributed by atoms with Gasteiger partial charge in [-0.25, -0.2) is 9.78 Å². The summed E-state index contributed by atoms with van der Waals surface area (Å²) in [6.07, 6.45) is 0. The predicted molar refractivity (Wildman–Crippen MR) is 113 cm³/mol. The number of carbonyl (C=O) groups excluding carboxylic acids is 2. The van der Waals surface area contributed by atoms with Crippen molar-refractivity contribution in [1.29, 1.82) is 0 Å². The minimum Gasteiger partial charge on any atom is -0.465 e. The summed E-state index contributed by atoms with van der Waals surface area (Å²) in [7, 11) is 2.87. The number of anilines is 1. The molecule has 0 radical (unpaired) electrons. The molecule has 1 aromatic carbocycles. The van der Waals surface area contributed by atoms with E-state index in [1.165, 1.54) is 34.8 Å². The van der Waals surface area contributed by atoms with E-state index in [1.54, 1.807) is 37.4 Å². The Labute approximate surface area is 174 Å². The van der Waals surface area contributed by atoms with Crippen molar-refractivity contribution in [3.8, 4) is 0 Å². The average molecular weight is 434 g/mol. The third kappa shape index (κ3) is 5.03. The van der Waals surface area contributed by atoms with Crippen molar-refractivity contribution in [2.45, 2.75) is 11.7 Å². The van der Waals surface area contributed by atoms with E-state index in [-0.39, 0.29) is 17.2 Å². The first-order valence-corrected chi connectivity index (χ1v) is 10.5. The number of nitrogens with one attached hydrogen (secondary N) is 1. The molecule has 1 amide bonds. The number of nitrogens with zero attached hydrogens (tertiary/aromatic N) is 2. The lowest BCUT2D eigenvalue weighted by molar-refractivity contribution is -0.113. The van der Waals surface area contributed by atoms with Crippen LogP contribution in [0.1, 0.15) is 10.4 Å². The van der Waals surface area contributed by atoms with Crippen LogP contribution in [0.4, 0.5) is 5.69 Å². The average Bonchev–Trinajstić information content (AvgIpc) is 3.20. The molecule has 2 aromatic heterocycles. The summed E-state index contributed by atoms with van der Waals surface area (Å²) < 4.78 is 11.8. The third-order valence-corrected chi connectivity index (χ3v) is 5.84. The number of hydrogen-bond donors (Lipinski definition) is 1. The Morgan fingerprint density at radius 2 is 1.97 bits per heavy atom. The van der Waals surface area contributed by atoms with Crippen molar-refractivity contribution in [2.75, 3.05) is 31.9 Å². The summed E-state index contributed by atoms with van der Waals surface area (Å²) >= 11 is 2.53. The number of thioether (sulfide) groups is 1. The van der Waals surface area contributed by atoms with Gasteiger partial charge in [0.25, 0.3) is 5.56 Å². The van der Waals surface area contributed by atoms with Gasteiger partial charge in [0.05, 0.1) is 37.1 Å². The molecule has 152 valence electrons. The van der Waals surface area contributed by atoms with Gasteiger partial charge in [0.2, 0.25) is 5.91 Å². The number of thiophene rings is 1.